The van der Waals surface area contributed by atoms with Crippen LogP contribution in [-0.2, 0) is 9.59 Å². The number of anilines is 1. The molecule has 2 unspecified atom stereocenters. The van der Waals surface area contributed by atoms with Gasteiger partial charge in [0.2, 0.25) is 5.91 Å². The predicted molar refractivity (Wildman–Crippen MR) is 67.1 cm³/mol. The van der Waals surface area contributed by atoms with Gasteiger partial charge >= 0.3 is 5.97 Å². The van der Waals surface area contributed by atoms with Crippen molar-refractivity contribution in [1.82, 2.24) is 0 Å². The van der Waals surface area contributed by atoms with E-state index < -0.39 is 23.8 Å². The Morgan fingerprint density at radius 2 is 1.94 bits per heavy atom. The average molecular weight is 248 g/mol. The van der Waals surface area contributed by atoms with Gasteiger partial charge in [0.05, 0.1) is 5.92 Å². The van der Waals surface area contributed by atoms with Crippen LogP contribution in [0.1, 0.15) is 12.8 Å². The minimum absolute atomic E-state index is 0.277. The molecule has 5 heteroatoms. The van der Waals surface area contributed by atoms with Crippen molar-refractivity contribution in [3.8, 4) is 0 Å². The second kappa shape index (κ2) is 5.08. The largest absolute Gasteiger partial charge is 0.481 e. The highest BCUT2D eigenvalue weighted by atomic mass is 16.4. The minimum Gasteiger partial charge on any atom is -0.481 e. The maximum atomic E-state index is 11.5. The Balaban J connectivity index is 2.21. The number of rotatable bonds is 3. The molecule has 0 radical (unpaired) electrons. The van der Waals surface area contributed by atoms with E-state index >= 15 is 0 Å². The second-order valence-corrected chi connectivity index (χ2v) is 4.51. The smallest absolute Gasteiger partial charge is 0.306 e. The molecule has 1 fully saturated rings. The molecule has 1 heterocycles. The molecule has 1 aromatic carbocycles. The van der Waals surface area contributed by atoms with Crippen molar-refractivity contribution in [3.05, 3.63) is 30.3 Å². The molecule has 1 amide bonds. The quantitative estimate of drug-likeness (QED) is 0.830. The molecule has 1 aromatic rings. The number of carbonyl (C=O) groups excluding carboxylic acids is 1. The third-order valence-electron chi connectivity index (χ3n) is 3.37. The number of hydrogen-bond acceptors (Lipinski definition) is 3. The Morgan fingerprint density at radius 1 is 1.28 bits per heavy atom. The van der Waals surface area contributed by atoms with Gasteiger partial charge in [0.15, 0.2) is 0 Å². The lowest BCUT2D eigenvalue weighted by Gasteiger charge is -2.38. The van der Waals surface area contributed by atoms with E-state index in [2.05, 4.69) is 0 Å². The second-order valence-electron chi connectivity index (χ2n) is 4.51. The number of primary amides is 1. The number of hydrogen-bond donors (Lipinski definition) is 2. The van der Waals surface area contributed by atoms with Crippen molar-refractivity contribution >= 4 is 17.6 Å². The molecule has 0 bridgehead atoms. The number of carboxylic acid groups (broad SMARTS) is 1. The van der Waals surface area contributed by atoms with Crippen LogP contribution in [0.2, 0.25) is 0 Å². The van der Waals surface area contributed by atoms with Gasteiger partial charge in [0.1, 0.15) is 6.04 Å². The van der Waals surface area contributed by atoms with Gasteiger partial charge in [-0.25, -0.2) is 0 Å². The molecule has 2 atom stereocenters. The first-order valence-electron chi connectivity index (χ1n) is 5.93. The minimum atomic E-state index is -0.853. The summed E-state index contributed by atoms with van der Waals surface area (Å²) in [5.41, 5.74) is 6.29. The van der Waals surface area contributed by atoms with Gasteiger partial charge in [0, 0.05) is 12.2 Å². The van der Waals surface area contributed by atoms with Crippen LogP contribution in [0.3, 0.4) is 0 Å². The standard InChI is InChI=1S/C13H16N2O3/c14-12(16)11-8-9(13(17)18)6-7-15(11)10-4-2-1-3-5-10/h1-5,9,11H,6-8H2,(H2,14,16)(H,17,18). The van der Waals surface area contributed by atoms with Crippen molar-refractivity contribution < 1.29 is 14.7 Å². The summed E-state index contributed by atoms with van der Waals surface area (Å²) >= 11 is 0. The topological polar surface area (TPSA) is 83.6 Å². The van der Waals surface area contributed by atoms with Gasteiger partial charge in [0.25, 0.3) is 0 Å². The SMILES string of the molecule is NC(=O)C1CC(C(=O)O)CCN1c1ccccc1. The van der Waals surface area contributed by atoms with Gasteiger partial charge in [-0.3, -0.25) is 9.59 Å². The third kappa shape index (κ3) is 2.45. The molecule has 0 aromatic heterocycles. The zero-order chi connectivity index (χ0) is 13.1. The summed E-state index contributed by atoms with van der Waals surface area (Å²) in [4.78, 5) is 24.4. The Bertz CT molecular complexity index is 447. The number of nitrogens with zero attached hydrogens (tertiary/aromatic N) is 1. The van der Waals surface area contributed by atoms with E-state index in [9.17, 15) is 9.59 Å². The lowest BCUT2D eigenvalue weighted by molar-refractivity contribution is -0.142. The van der Waals surface area contributed by atoms with Crippen LogP contribution in [0.4, 0.5) is 5.69 Å². The van der Waals surface area contributed by atoms with Crippen LogP contribution < -0.4 is 10.6 Å². The number of carboxylic acids is 1. The van der Waals surface area contributed by atoms with Crippen LogP contribution in [0.15, 0.2) is 30.3 Å². The molecule has 96 valence electrons. The highest BCUT2D eigenvalue weighted by Crippen LogP contribution is 2.28. The summed E-state index contributed by atoms with van der Waals surface area (Å²) in [5, 5.41) is 9.02. The van der Waals surface area contributed by atoms with Crippen LogP contribution in [0.5, 0.6) is 0 Å². The number of nitrogens with two attached hydrogens (primary N) is 1. The number of benzene rings is 1. The van der Waals surface area contributed by atoms with Gasteiger partial charge in [-0.15, -0.1) is 0 Å². The fraction of sp³-hybridized carbons (Fsp3) is 0.385. The van der Waals surface area contributed by atoms with E-state index in [0.717, 1.165) is 5.69 Å². The maximum absolute atomic E-state index is 11.5. The van der Waals surface area contributed by atoms with E-state index in [4.69, 9.17) is 10.8 Å². The molecule has 18 heavy (non-hydrogen) atoms. The first-order chi connectivity index (χ1) is 8.59. The van der Waals surface area contributed by atoms with Crippen LogP contribution in [0, 0.1) is 5.92 Å². The normalized spacial score (nSPS) is 23.7. The first kappa shape index (κ1) is 12.4. The van der Waals surface area contributed by atoms with Crippen LogP contribution in [-0.4, -0.2) is 29.6 Å². The average Bonchev–Trinajstić information content (AvgIpc) is 2.39. The van der Waals surface area contributed by atoms with E-state index in [1.165, 1.54) is 0 Å². The Morgan fingerprint density at radius 3 is 2.50 bits per heavy atom. The highest BCUT2D eigenvalue weighted by Gasteiger charge is 2.35. The van der Waals surface area contributed by atoms with Crippen molar-refractivity contribution in [2.45, 2.75) is 18.9 Å². The van der Waals surface area contributed by atoms with E-state index in [1.807, 2.05) is 35.2 Å². The van der Waals surface area contributed by atoms with Crippen molar-refractivity contribution in [2.75, 3.05) is 11.4 Å². The summed E-state index contributed by atoms with van der Waals surface area (Å²) in [6, 6.07) is 8.93. The molecule has 1 aliphatic heterocycles. The molecular weight excluding hydrogens is 232 g/mol. The summed E-state index contributed by atoms with van der Waals surface area (Å²) in [7, 11) is 0. The summed E-state index contributed by atoms with van der Waals surface area (Å²) in [6.45, 7) is 0.536. The number of piperidine rings is 1. The zero-order valence-electron chi connectivity index (χ0n) is 9.95. The fourth-order valence-electron chi connectivity index (χ4n) is 2.39. The Hall–Kier alpha value is -2.04. The van der Waals surface area contributed by atoms with Gasteiger partial charge in [-0.2, -0.15) is 0 Å². The number of para-hydroxylation sites is 1. The molecule has 0 spiro atoms. The van der Waals surface area contributed by atoms with Gasteiger partial charge in [-0.05, 0) is 25.0 Å². The molecule has 5 nitrogen and oxygen atoms in total. The van der Waals surface area contributed by atoms with Crippen molar-refractivity contribution in [3.63, 3.8) is 0 Å². The van der Waals surface area contributed by atoms with E-state index in [-0.39, 0.29) is 6.42 Å². The molecule has 0 saturated carbocycles. The van der Waals surface area contributed by atoms with Crippen molar-refractivity contribution in [1.29, 1.82) is 0 Å². The fourth-order valence-corrected chi connectivity index (χ4v) is 2.39. The molecule has 1 aliphatic rings. The molecule has 2 rings (SSSR count). The summed E-state index contributed by atoms with van der Waals surface area (Å²) in [5.74, 6) is -1.80. The predicted octanol–water partition coefficient (Wildman–Crippen LogP) is 0.841. The zero-order valence-corrected chi connectivity index (χ0v) is 9.95. The summed E-state index contributed by atoms with van der Waals surface area (Å²) < 4.78 is 0. The first-order valence-corrected chi connectivity index (χ1v) is 5.93. The molecule has 0 aliphatic carbocycles. The number of carbonyl (C=O) groups is 2. The van der Waals surface area contributed by atoms with Gasteiger partial charge in [-0.1, -0.05) is 18.2 Å². The van der Waals surface area contributed by atoms with Crippen LogP contribution in [0.25, 0.3) is 0 Å². The molecule has 1 saturated heterocycles. The third-order valence-corrected chi connectivity index (χ3v) is 3.37. The Labute approximate surface area is 105 Å². The van der Waals surface area contributed by atoms with E-state index in [1.54, 1.807) is 0 Å². The maximum Gasteiger partial charge on any atom is 0.306 e. The molecule has 3 N–H and O–H groups in total. The number of aliphatic carboxylic acids is 1. The van der Waals surface area contributed by atoms with Gasteiger partial charge < -0.3 is 15.7 Å². The summed E-state index contributed by atoms with van der Waals surface area (Å²) in [6.07, 6.45) is 0.813. The monoisotopic (exact) mass is 248 g/mol. The molecular formula is C13H16N2O3. The van der Waals surface area contributed by atoms with Crippen LogP contribution >= 0.6 is 0 Å². The van der Waals surface area contributed by atoms with Crippen molar-refractivity contribution in [2.24, 2.45) is 11.7 Å². The number of amides is 1. The highest BCUT2D eigenvalue weighted by molar-refractivity contribution is 5.85. The Kier molecular flexibility index (Phi) is 3.50. The lowest BCUT2D eigenvalue weighted by Crippen LogP contribution is -2.51. The van der Waals surface area contributed by atoms with E-state index in [0.29, 0.717) is 13.0 Å². The lowest BCUT2D eigenvalue weighted by atomic mass is 9.90.